The van der Waals surface area contributed by atoms with Crippen molar-refractivity contribution in [3.05, 3.63) is 65.9 Å². The summed E-state index contributed by atoms with van der Waals surface area (Å²) in [5.74, 6) is 0.830. The van der Waals surface area contributed by atoms with Gasteiger partial charge in [0, 0.05) is 18.0 Å². The first-order valence-corrected chi connectivity index (χ1v) is 12.9. The molecule has 0 spiro atoms. The van der Waals surface area contributed by atoms with Gasteiger partial charge in [0.25, 0.3) is 5.91 Å². The number of amides is 1. The Bertz CT molecular complexity index is 1020. The van der Waals surface area contributed by atoms with Crippen LogP contribution in [0.2, 0.25) is 0 Å². The van der Waals surface area contributed by atoms with Gasteiger partial charge in [-0.15, -0.1) is 0 Å². The first-order chi connectivity index (χ1) is 16.6. The van der Waals surface area contributed by atoms with Crippen LogP contribution in [0.5, 0.6) is 5.75 Å². The van der Waals surface area contributed by atoms with Crippen molar-refractivity contribution in [2.75, 3.05) is 26.2 Å². The van der Waals surface area contributed by atoms with Crippen LogP contribution in [0.4, 0.5) is 0 Å². The van der Waals surface area contributed by atoms with Crippen molar-refractivity contribution in [1.82, 2.24) is 14.8 Å². The number of benzene rings is 2. The minimum atomic E-state index is -0.00583. The summed E-state index contributed by atoms with van der Waals surface area (Å²) in [5, 5.41) is 4.25. The minimum Gasteiger partial charge on any atom is -0.493 e. The van der Waals surface area contributed by atoms with Gasteiger partial charge in [0.15, 0.2) is 0 Å². The van der Waals surface area contributed by atoms with E-state index in [1.165, 1.54) is 5.56 Å². The molecule has 1 N–H and O–H groups in total. The van der Waals surface area contributed by atoms with Gasteiger partial charge in [-0.05, 0) is 82.9 Å². The molecule has 3 aromatic rings. The topological polar surface area (TPSA) is 46.5 Å². The summed E-state index contributed by atoms with van der Waals surface area (Å²) in [6.07, 6.45) is 4.00. The van der Waals surface area contributed by atoms with Crippen molar-refractivity contribution < 1.29 is 9.53 Å². The molecule has 1 aromatic heterocycles. The molecule has 5 heteroatoms. The van der Waals surface area contributed by atoms with Crippen LogP contribution < -0.4 is 10.1 Å². The summed E-state index contributed by atoms with van der Waals surface area (Å²) in [6.45, 7) is 13.1. The van der Waals surface area contributed by atoms with Crippen LogP contribution >= 0.6 is 0 Å². The van der Waals surface area contributed by atoms with Gasteiger partial charge in [-0.2, -0.15) is 0 Å². The molecule has 5 nitrogen and oxygen atoms in total. The summed E-state index contributed by atoms with van der Waals surface area (Å²) in [5.41, 5.74) is 3.09. The Balaban J connectivity index is 1.75. The summed E-state index contributed by atoms with van der Waals surface area (Å²) >= 11 is 0. The predicted molar refractivity (Wildman–Crippen MR) is 142 cm³/mol. The smallest absolute Gasteiger partial charge is 0.268 e. The number of rotatable bonds is 14. The molecule has 1 amide bonds. The molecule has 1 atom stereocenters. The largest absolute Gasteiger partial charge is 0.493 e. The van der Waals surface area contributed by atoms with Gasteiger partial charge in [-0.25, -0.2) is 0 Å². The Labute approximate surface area is 205 Å². The van der Waals surface area contributed by atoms with E-state index < -0.39 is 0 Å². The van der Waals surface area contributed by atoms with Crippen LogP contribution in [0.25, 0.3) is 10.9 Å². The van der Waals surface area contributed by atoms with Crippen molar-refractivity contribution in [3.8, 4) is 5.75 Å². The molecule has 3 rings (SSSR count). The predicted octanol–water partition coefficient (Wildman–Crippen LogP) is 5.91. The number of aromatic nitrogens is 1. The Kier molecular flexibility index (Phi) is 10.0. The molecule has 0 aliphatic heterocycles. The van der Waals surface area contributed by atoms with E-state index in [4.69, 9.17) is 4.74 Å². The fourth-order valence-corrected chi connectivity index (χ4v) is 4.58. The van der Waals surface area contributed by atoms with E-state index in [2.05, 4.69) is 65.9 Å². The first-order valence-electron chi connectivity index (χ1n) is 12.9. The lowest BCUT2D eigenvalue weighted by atomic mass is 10.1. The number of carbonyl (C=O) groups is 1. The number of aryl methyl sites for hydroxylation is 2. The van der Waals surface area contributed by atoms with Gasteiger partial charge in [0.1, 0.15) is 11.4 Å². The van der Waals surface area contributed by atoms with Crippen LogP contribution in [0.1, 0.15) is 63.0 Å². The number of ether oxygens (including phenoxy) is 1. The second-order valence-corrected chi connectivity index (χ2v) is 8.94. The average Bonchev–Trinajstić information content (AvgIpc) is 3.22. The number of fused-ring (bicyclic) bond motifs is 1. The lowest BCUT2D eigenvalue weighted by molar-refractivity contribution is 0.0928. The van der Waals surface area contributed by atoms with E-state index in [-0.39, 0.29) is 11.9 Å². The highest BCUT2D eigenvalue weighted by Gasteiger charge is 2.19. The summed E-state index contributed by atoms with van der Waals surface area (Å²) in [4.78, 5) is 15.8. The monoisotopic (exact) mass is 463 g/mol. The zero-order valence-electron chi connectivity index (χ0n) is 21.3. The zero-order valence-corrected chi connectivity index (χ0v) is 21.3. The highest BCUT2D eigenvalue weighted by atomic mass is 16.5. The maximum absolute atomic E-state index is 13.4. The standard InChI is InChI=1S/C29H41N3O2/c1-5-31(6-2)20-12-14-23(4)30-29(33)27-22-25-26(18-11-19-28(25)34-7-3)32(27)21-13-17-24-15-9-8-10-16-24/h8-11,15-16,18-19,22-23H,5-7,12-14,17,20-21H2,1-4H3,(H,30,33)/t23-/m0/s1. The number of nitrogens with zero attached hydrogens (tertiary/aromatic N) is 2. The molecular weight excluding hydrogens is 422 g/mol. The number of carbonyl (C=O) groups excluding carboxylic acids is 1. The van der Waals surface area contributed by atoms with Crippen LogP contribution in [-0.2, 0) is 13.0 Å². The second-order valence-electron chi connectivity index (χ2n) is 8.94. The maximum atomic E-state index is 13.4. The molecule has 0 bridgehead atoms. The zero-order chi connectivity index (χ0) is 24.3. The molecule has 0 fully saturated rings. The van der Waals surface area contributed by atoms with Crippen LogP contribution in [0.15, 0.2) is 54.6 Å². The molecule has 0 unspecified atom stereocenters. The molecule has 34 heavy (non-hydrogen) atoms. The molecule has 0 aliphatic rings. The molecule has 1 heterocycles. The van der Waals surface area contributed by atoms with Crippen molar-refractivity contribution in [2.24, 2.45) is 0 Å². The third-order valence-electron chi connectivity index (χ3n) is 6.51. The van der Waals surface area contributed by atoms with Crippen LogP contribution in [0, 0.1) is 0 Å². The summed E-state index contributed by atoms with van der Waals surface area (Å²) < 4.78 is 8.03. The fourth-order valence-electron chi connectivity index (χ4n) is 4.58. The first kappa shape index (κ1) is 25.8. The normalized spacial score (nSPS) is 12.3. The van der Waals surface area contributed by atoms with E-state index >= 15 is 0 Å². The molecule has 184 valence electrons. The SMILES string of the molecule is CCOc1cccc2c1cc(C(=O)N[C@@H](C)CCCN(CC)CC)n2CCCc1ccccc1. The molecule has 0 radical (unpaired) electrons. The molecule has 0 saturated heterocycles. The Morgan fingerprint density at radius 1 is 1.03 bits per heavy atom. The lowest BCUT2D eigenvalue weighted by Gasteiger charge is -2.20. The van der Waals surface area contributed by atoms with E-state index in [9.17, 15) is 4.79 Å². The quantitative estimate of drug-likeness (QED) is 0.323. The van der Waals surface area contributed by atoms with Gasteiger partial charge < -0.3 is 19.5 Å². The van der Waals surface area contributed by atoms with Crippen molar-refractivity contribution >= 4 is 16.8 Å². The number of nitrogens with one attached hydrogen (secondary N) is 1. The highest BCUT2D eigenvalue weighted by molar-refractivity contribution is 6.00. The van der Waals surface area contributed by atoms with E-state index in [1.807, 2.05) is 31.2 Å². The van der Waals surface area contributed by atoms with Crippen molar-refractivity contribution in [2.45, 2.75) is 66.0 Å². The maximum Gasteiger partial charge on any atom is 0.268 e. The van der Waals surface area contributed by atoms with E-state index in [1.54, 1.807) is 0 Å². The third-order valence-corrected chi connectivity index (χ3v) is 6.51. The third kappa shape index (κ3) is 6.86. The lowest BCUT2D eigenvalue weighted by Crippen LogP contribution is -2.34. The van der Waals surface area contributed by atoms with Gasteiger partial charge >= 0.3 is 0 Å². The van der Waals surface area contributed by atoms with Crippen molar-refractivity contribution in [1.29, 1.82) is 0 Å². The van der Waals surface area contributed by atoms with Gasteiger partial charge in [0.2, 0.25) is 0 Å². The Morgan fingerprint density at radius 3 is 2.50 bits per heavy atom. The summed E-state index contributed by atoms with van der Waals surface area (Å²) in [7, 11) is 0. The molecular formula is C29H41N3O2. The Hall–Kier alpha value is -2.79. The minimum absolute atomic E-state index is 0.00583. The molecule has 0 aliphatic carbocycles. The van der Waals surface area contributed by atoms with Gasteiger partial charge in [-0.3, -0.25) is 4.79 Å². The van der Waals surface area contributed by atoms with E-state index in [0.29, 0.717) is 12.3 Å². The van der Waals surface area contributed by atoms with Crippen molar-refractivity contribution in [3.63, 3.8) is 0 Å². The van der Waals surface area contributed by atoms with E-state index in [0.717, 1.165) is 68.5 Å². The summed E-state index contributed by atoms with van der Waals surface area (Å²) in [6, 6.07) is 18.7. The Morgan fingerprint density at radius 2 is 1.79 bits per heavy atom. The number of hydrogen-bond donors (Lipinski definition) is 1. The fraction of sp³-hybridized carbons (Fsp3) is 0.483. The highest BCUT2D eigenvalue weighted by Crippen LogP contribution is 2.29. The number of hydrogen-bond acceptors (Lipinski definition) is 3. The van der Waals surface area contributed by atoms with Gasteiger partial charge in [-0.1, -0.05) is 50.2 Å². The van der Waals surface area contributed by atoms with Gasteiger partial charge in [0.05, 0.1) is 12.1 Å². The second kappa shape index (κ2) is 13.2. The average molecular weight is 464 g/mol. The van der Waals surface area contributed by atoms with Crippen LogP contribution in [-0.4, -0.2) is 47.7 Å². The van der Waals surface area contributed by atoms with Crippen LogP contribution in [0.3, 0.4) is 0 Å². The molecule has 0 saturated carbocycles. The molecule has 2 aromatic carbocycles.